The summed E-state index contributed by atoms with van der Waals surface area (Å²) < 4.78 is 53.4. The van der Waals surface area contributed by atoms with Crippen LogP contribution in [0.3, 0.4) is 0 Å². The van der Waals surface area contributed by atoms with Gasteiger partial charge in [0.15, 0.2) is 5.82 Å². The van der Waals surface area contributed by atoms with Crippen molar-refractivity contribution in [2.45, 2.75) is 32.0 Å². The van der Waals surface area contributed by atoms with Crippen molar-refractivity contribution in [3.05, 3.63) is 39.8 Å². The van der Waals surface area contributed by atoms with E-state index in [9.17, 15) is 32.8 Å². The number of benzene rings is 1. The molecule has 0 unspecified atom stereocenters. The van der Waals surface area contributed by atoms with Crippen LogP contribution in [0.5, 0.6) is 0 Å². The van der Waals surface area contributed by atoms with Gasteiger partial charge in [0.2, 0.25) is 5.78 Å². The van der Waals surface area contributed by atoms with Crippen molar-refractivity contribution in [3.8, 4) is 0 Å². The summed E-state index contributed by atoms with van der Waals surface area (Å²) in [7, 11) is 0. The van der Waals surface area contributed by atoms with Crippen molar-refractivity contribution in [1.29, 1.82) is 0 Å². The van der Waals surface area contributed by atoms with Gasteiger partial charge in [0.1, 0.15) is 0 Å². The first-order valence-corrected chi connectivity index (χ1v) is 8.13. The number of ketones is 1. The fraction of sp³-hybridized carbons (Fsp3) is 0.438. The van der Waals surface area contributed by atoms with Gasteiger partial charge < -0.3 is 21.0 Å². The molecule has 0 amide bonds. The molecule has 1 aliphatic heterocycles. The summed E-state index contributed by atoms with van der Waals surface area (Å²) in [4.78, 5) is 13.2. The number of nitrogens with zero attached hydrogens (tertiary/aromatic N) is 3. The minimum Gasteiger partial charge on any atom is -0.618 e. The van der Waals surface area contributed by atoms with Crippen LogP contribution in [0.15, 0.2) is 12.1 Å². The van der Waals surface area contributed by atoms with Crippen molar-refractivity contribution < 1.29 is 31.8 Å². The second-order valence-corrected chi connectivity index (χ2v) is 6.46. The zero-order valence-electron chi connectivity index (χ0n) is 14.6. The summed E-state index contributed by atoms with van der Waals surface area (Å²) in [6.07, 6.45) is -4.12. The molecule has 3 rings (SSSR count). The monoisotopic (exact) mass is 424 g/mol. The van der Waals surface area contributed by atoms with E-state index in [1.165, 1.54) is 0 Å². The third kappa shape index (κ3) is 3.63. The van der Waals surface area contributed by atoms with Crippen LogP contribution in [0, 0.1) is 16.2 Å². The standard InChI is InChI=1S/C16H16F4N4O3.ClH/c1-8(25)14-15(16(18,19)20)24(27)12-6-10(17)11(7-13(12)23(14)26)22-4-2-9(21)3-5-22;/h6-7,9H,2-5,21H2,1H3;1H. The van der Waals surface area contributed by atoms with Crippen LogP contribution in [0.25, 0.3) is 11.0 Å². The molecule has 1 saturated heterocycles. The Labute approximate surface area is 162 Å². The number of piperidine rings is 1. The maximum absolute atomic E-state index is 14.5. The second-order valence-electron chi connectivity index (χ2n) is 6.46. The Morgan fingerprint density at radius 3 is 2.21 bits per heavy atom. The van der Waals surface area contributed by atoms with Crippen molar-refractivity contribution >= 4 is 34.9 Å². The van der Waals surface area contributed by atoms with Crippen molar-refractivity contribution in [3.63, 3.8) is 0 Å². The van der Waals surface area contributed by atoms with Crippen LogP contribution in [0.4, 0.5) is 23.2 Å². The first-order valence-electron chi connectivity index (χ1n) is 8.13. The van der Waals surface area contributed by atoms with Gasteiger partial charge in [0, 0.05) is 32.1 Å². The van der Waals surface area contributed by atoms with E-state index in [1.54, 1.807) is 4.90 Å². The van der Waals surface area contributed by atoms with Gasteiger partial charge in [-0.05, 0) is 12.8 Å². The number of hydrogen-bond acceptors (Lipinski definition) is 5. The second kappa shape index (κ2) is 7.55. The Balaban J connectivity index is 0.00000280. The lowest BCUT2D eigenvalue weighted by molar-refractivity contribution is -0.647. The number of alkyl halides is 3. The van der Waals surface area contributed by atoms with Crippen LogP contribution in [-0.2, 0) is 6.18 Å². The molecular formula is C16H17ClF4N4O3. The normalized spacial score (nSPS) is 15.6. The summed E-state index contributed by atoms with van der Waals surface area (Å²) in [6.45, 7) is 1.53. The summed E-state index contributed by atoms with van der Waals surface area (Å²) in [6, 6.07) is 1.53. The van der Waals surface area contributed by atoms with E-state index in [0.717, 1.165) is 13.0 Å². The van der Waals surface area contributed by atoms with Gasteiger partial charge in [-0.2, -0.15) is 17.9 Å². The molecule has 12 heteroatoms. The molecule has 7 nitrogen and oxygen atoms in total. The molecule has 2 N–H and O–H groups in total. The molecule has 154 valence electrons. The minimum atomic E-state index is -5.26. The molecule has 0 bridgehead atoms. The average Bonchev–Trinajstić information content (AvgIpc) is 2.57. The van der Waals surface area contributed by atoms with Gasteiger partial charge in [0.05, 0.1) is 11.8 Å². The van der Waals surface area contributed by atoms with E-state index in [4.69, 9.17) is 5.73 Å². The quantitative estimate of drug-likeness (QED) is 0.343. The molecule has 28 heavy (non-hydrogen) atoms. The molecule has 2 aromatic rings. The zero-order chi connectivity index (χ0) is 20.1. The highest BCUT2D eigenvalue weighted by molar-refractivity contribution is 5.92. The number of nitrogens with two attached hydrogens (primary N) is 1. The number of aromatic nitrogens is 2. The predicted octanol–water partition coefficient (Wildman–Crippen LogP) is 1.82. The lowest BCUT2D eigenvalue weighted by Gasteiger charge is -2.32. The Kier molecular flexibility index (Phi) is 5.90. The highest BCUT2D eigenvalue weighted by atomic mass is 35.5. The topological polar surface area (TPSA) is 100 Å². The molecule has 0 radical (unpaired) electrons. The smallest absolute Gasteiger partial charge is 0.486 e. The molecule has 1 aromatic carbocycles. The number of halogens is 5. The third-order valence-electron chi connectivity index (χ3n) is 4.59. The molecule has 0 aliphatic carbocycles. The van der Waals surface area contributed by atoms with Gasteiger partial charge in [-0.25, -0.2) is 4.39 Å². The van der Waals surface area contributed by atoms with Crippen LogP contribution in [0.2, 0.25) is 0 Å². The number of Topliss-reactive ketones (excluding diaryl/α,β-unsaturated/α-hetero) is 1. The molecule has 0 saturated carbocycles. The van der Waals surface area contributed by atoms with Crippen LogP contribution >= 0.6 is 12.4 Å². The first kappa shape index (κ1) is 21.9. The molecular weight excluding hydrogens is 408 g/mol. The summed E-state index contributed by atoms with van der Waals surface area (Å²) in [5, 5.41) is 24.7. The number of carbonyl (C=O) groups excluding carboxylic acids is 1. The van der Waals surface area contributed by atoms with E-state index in [0.29, 0.717) is 32.0 Å². The Morgan fingerprint density at radius 1 is 1.18 bits per heavy atom. The number of hydrogen-bond donors (Lipinski definition) is 1. The Bertz CT molecular complexity index is 931. The molecule has 0 atom stereocenters. The largest absolute Gasteiger partial charge is 0.618 e. The number of anilines is 1. The highest BCUT2D eigenvalue weighted by Crippen LogP contribution is 2.31. The molecule has 1 aliphatic rings. The van der Waals surface area contributed by atoms with E-state index in [2.05, 4.69) is 0 Å². The highest BCUT2D eigenvalue weighted by Gasteiger charge is 2.50. The predicted molar refractivity (Wildman–Crippen MR) is 93.5 cm³/mol. The number of carbonyl (C=O) groups is 1. The van der Waals surface area contributed by atoms with Gasteiger partial charge in [0.25, 0.3) is 11.0 Å². The van der Waals surface area contributed by atoms with Crippen molar-refractivity contribution in [2.75, 3.05) is 18.0 Å². The van der Waals surface area contributed by atoms with Crippen molar-refractivity contribution in [1.82, 2.24) is 0 Å². The summed E-state index contributed by atoms with van der Waals surface area (Å²) >= 11 is 0. The van der Waals surface area contributed by atoms with Gasteiger partial charge in [-0.1, -0.05) is 0 Å². The SMILES string of the molecule is CC(=O)c1c(C(F)(F)F)[n+]([O-])c2cc(F)c(N3CCC(N)CC3)cc2[n+]1[O-].Cl. The molecule has 1 fully saturated rings. The van der Waals surface area contributed by atoms with E-state index >= 15 is 0 Å². The lowest BCUT2D eigenvalue weighted by atomic mass is 10.0. The van der Waals surface area contributed by atoms with Crippen LogP contribution < -0.4 is 20.1 Å². The van der Waals surface area contributed by atoms with E-state index < -0.39 is 44.9 Å². The fourth-order valence-electron chi connectivity index (χ4n) is 3.24. The van der Waals surface area contributed by atoms with E-state index in [1.807, 2.05) is 0 Å². The Hall–Kier alpha value is -2.40. The molecule has 1 aromatic heterocycles. The minimum absolute atomic E-state index is 0. The Morgan fingerprint density at radius 2 is 1.71 bits per heavy atom. The van der Waals surface area contributed by atoms with Crippen LogP contribution in [0.1, 0.15) is 35.9 Å². The van der Waals surface area contributed by atoms with Gasteiger partial charge in [-0.15, -0.1) is 17.1 Å². The van der Waals surface area contributed by atoms with Gasteiger partial charge >= 0.3 is 17.6 Å². The fourth-order valence-corrected chi connectivity index (χ4v) is 3.24. The number of fused-ring (bicyclic) bond motifs is 1. The van der Waals surface area contributed by atoms with Gasteiger partial charge in [-0.3, -0.25) is 4.79 Å². The summed E-state index contributed by atoms with van der Waals surface area (Å²) in [5.74, 6) is -2.16. The third-order valence-corrected chi connectivity index (χ3v) is 4.59. The van der Waals surface area contributed by atoms with Crippen LogP contribution in [-0.4, -0.2) is 24.9 Å². The first-order chi connectivity index (χ1) is 12.5. The average molecular weight is 425 g/mol. The van der Waals surface area contributed by atoms with E-state index in [-0.39, 0.29) is 28.9 Å². The van der Waals surface area contributed by atoms with Crippen molar-refractivity contribution in [2.24, 2.45) is 5.73 Å². The maximum atomic E-state index is 14.5. The maximum Gasteiger partial charge on any atom is 0.486 e. The summed E-state index contributed by atoms with van der Waals surface area (Å²) in [5.41, 5.74) is 1.14. The lowest BCUT2D eigenvalue weighted by Crippen LogP contribution is -2.50. The molecule has 0 spiro atoms. The number of rotatable bonds is 2. The zero-order valence-corrected chi connectivity index (χ0v) is 15.4. The molecule has 2 heterocycles.